The molecule has 2 aliphatic heterocycles. The maximum absolute atomic E-state index is 12.2. The summed E-state index contributed by atoms with van der Waals surface area (Å²) in [5.74, 6) is 0.743. The molecule has 138 valence electrons. The van der Waals surface area contributed by atoms with Crippen LogP contribution >= 0.6 is 0 Å². The van der Waals surface area contributed by atoms with Gasteiger partial charge in [-0.15, -0.1) is 0 Å². The van der Waals surface area contributed by atoms with E-state index >= 15 is 0 Å². The standard InChI is InChI=1S/C19H28N2O4/c22-19(20-8-2-9-21-10-13-23-14-11-21)16-4-6-17(7-5-16)25-15-18-3-1-12-24-18/h4-7,18H,1-3,8-15H2,(H,20,22). The molecule has 2 heterocycles. The number of nitrogens with zero attached hydrogens (tertiary/aromatic N) is 1. The average Bonchev–Trinajstić information content (AvgIpc) is 3.18. The summed E-state index contributed by atoms with van der Waals surface area (Å²) in [7, 11) is 0. The van der Waals surface area contributed by atoms with Gasteiger partial charge in [-0.25, -0.2) is 0 Å². The first-order valence-electron chi connectivity index (χ1n) is 9.24. The van der Waals surface area contributed by atoms with Gasteiger partial charge in [0.2, 0.25) is 0 Å². The molecule has 0 spiro atoms. The van der Waals surface area contributed by atoms with E-state index in [0.29, 0.717) is 18.7 Å². The molecule has 1 N–H and O–H groups in total. The molecule has 1 atom stereocenters. The molecule has 0 aliphatic carbocycles. The van der Waals surface area contributed by atoms with Gasteiger partial charge in [0.15, 0.2) is 0 Å². The lowest BCUT2D eigenvalue weighted by Gasteiger charge is -2.26. The number of benzene rings is 1. The van der Waals surface area contributed by atoms with Crippen LogP contribution in [0.15, 0.2) is 24.3 Å². The number of carbonyl (C=O) groups is 1. The summed E-state index contributed by atoms with van der Waals surface area (Å²) >= 11 is 0. The summed E-state index contributed by atoms with van der Waals surface area (Å²) in [5.41, 5.74) is 0.663. The zero-order valence-electron chi connectivity index (χ0n) is 14.7. The van der Waals surface area contributed by atoms with E-state index in [4.69, 9.17) is 14.2 Å². The van der Waals surface area contributed by atoms with Crippen LogP contribution in [0, 0.1) is 0 Å². The topological polar surface area (TPSA) is 60.0 Å². The molecule has 1 aromatic rings. The molecule has 1 unspecified atom stereocenters. The molecule has 0 saturated carbocycles. The Morgan fingerprint density at radius 2 is 2.00 bits per heavy atom. The smallest absolute Gasteiger partial charge is 0.251 e. The van der Waals surface area contributed by atoms with E-state index in [1.54, 1.807) is 0 Å². The fraction of sp³-hybridized carbons (Fsp3) is 0.632. The summed E-state index contributed by atoms with van der Waals surface area (Å²) in [5, 5.41) is 2.98. The quantitative estimate of drug-likeness (QED) is 0.725. The number of morpholine rings is 1. The van der Waals surface area contributed by atoms with Crippen molar-refractivity contribution in [3.8, 4) is 5.75 Å². The molecule has 6 nitrogen and oxygen atoms in total. The van der Waals surface area contributed by atoms with Crippen molar-refractivity contribution >= 4 is 5.91 Å². The number of nitrogens with one attached hydrogen (secondary N) is 1. The molecule has 3 rings (SSSR count). The Bertz CT molecular complexity index is 523. The van der Waals surface area contributed by atoms with Crippen LogP contribution in [-0.2, 0) is 9.47 Å². The highest BCUT2D eigenvalue weighted by Crippen LogP contribution is 2.16. The van der Waals surface area contributed by atoms with E-state index in [2.05, 4.69) is 10.2 Å². The van der Waals surface area contributed by atoms with Crippen molar-refractivity contribution in [2.24, 2.45) is 0 Å². The number of ether oxygens (including phenoxy) is 3. The third kappa shape index (κ3) is 5.99. The predicted octanol–water partition coefficient (Wildman–Crippen LogP) is 1.70. The summed E-state index contributed by atoms with van der Waals surface area (Å²) < 4.78 is 16.6. The zero-order chi connectivity index (χ0) is 17.3. The van der Waals surface area contributed by atoms with Crippen molar-refractivity contribution in [1.82, 2.24) is 10.2 Å². The van der Waals surface area contributed by atoms with Crippen LogP contribution in [0.3, 0.4) is 0 Å². The molecule has 1 amide bonds. The Labute approximate surface area is 149 Å². The molecular formula is C19H28N2O4. The minimum atomic E-state index is -0.0346. The second-order valence-corrected chi connectivity index (χ2v) is 6.53. The first-order chi connectivity index (χ1) is 12.3. The van der Waals surface area contributed by atoms with Crippen LogP contribution < -0.4 is 10.1 Å². The predicted molar refractivity (Wildman–Crippen MR) is 95.1 cm³/mol. The summed E-state index contributed by atoms with van der Waals surface area (Å²) in [4.78, 5) is 14.5. The maximum atomic E-state index is 12.2. The van der Waals surface area contributed by atoms with Gasteiger partial charge in [0.05, 0.1) is 19.3 Å². The van der Waals surface area contributed by atoms with Crippen LogP contribution in [0.4, 0.5) is 0 Å². The largest absolute Gasteiger partial charge is 0.491 e. The van der Waals surface area contributed by atoms with Gasteiger partial charge in [0.1, 0.15) is 12.4 Å². The molecule has 0 aromatic heterocycles. The van der Waals surface area contributed by atoms with Crippen molar-refractivity contribution in [2.75, 3.05) is 52.6 Å². The van der Waals surface area contributed by atoms with E-state index < -0.39 is 0 Å². The number of rotatable bonds is 8. The number of hydrogen-bond acceptors (Lipinski definition) is 5. The van der Waals surface area contributed by atoms with Gasteiger partial charge in [-0.2, -0.15) is 0 Å². The normalized spacial score (nSPS) is 21.2. The van der Waals surface area contributed by atoms with Gasteiger partial charge >= 0.3 is 0 Å². The van der Waals surface area contributed by atoms with E-state index in [0.717, 1.165) is 64.5 Å². The third-order valence-corrected chi connectivity index (χ3v) is 4.62. The average molecular weight is 348 g/mol. The van der Waals surface area contributed by atoms with Crippen molar-refractivity contribution in [3.05, 3.63) is 29.8 Å². The van der Waals surface area contributed by atoms with Crippen LogP contribution in [0.25, 0.3) is 0 Å². The van der Waals surface area contributed by atoms with E-state index in [9.17, 15) is 4.79 Å². The number of carbonyl (C=O) groups excluding carboxylic acids is 1. The molecule has 0 radical (unpaired) electrons. The van der Waals surface area contributed by atoms with E-state index in [1.165, 1.54) is 0 Å². The SMILES string of the molecule is O=C(NCCCN1CCOCC1)c1ccc(OCC2CCCO2)cc1. The minimum Gasteiger partial charge on any atom is -0.491 e. The monoisotopic (exact) mass is 348 g/mol. The molecule has 6 heteroatoms. The Morgan fingerprint density at radius 3 is 2.72 bits per heavy atom. The third-order valence-electron chi connectivity index (χ3n) is 4.62. The lowest BCUT2D eigenvalue weighted by atomic mass is 10.2. The van der Waals surface area contributed by atoms with Gasteiger partial charge in [-0.05, 0) is 50.1 Å². The highest BCUT2D eigenvalue weighted by Gasteiger charge is 2.16. The van der Waals surface area contributed by atoms with Crippen LogP contribution in [-0.4, -0.2) is 69.5 Å². The molecule has 0 bridgehead atoms. The Hall–Kier alpha value is -1.63. The van der Waals surface area contributed by atoms with Gasteiger partial charge in [0, 0.05) is 31.8 Å². The number of hydrogen-bond donors (Lipinski definition) is 1. The lowest BCUT2D eigenvalue weighted by molar-refractivity contribution is 0.0374. The summed E-state index contributed by atoms with van der Waals surface area (Å²) in [6.45, 7) is 6.70. The summed E-state index contributed by atoms with van der Waals surface area (Å²) in [6, 6.07) is 7.31. The maximum Gasteiger partial charge on any atom is 0.251 e. The molecule has 25 heavy (non-hydrogen) atoms. The molecular weight excluding hydrogens is 320 g/mol. The first-order valence-corrected chi connectivity index (χ1v) is 9.24. The van der Waals surface area contributed by atoms with Crippen LogP contribution in [0.1, 0.15) is 29.6 Å². The molecule has 2 fully saturated rings. The van der Waals surface area contributed by atoms with Gasteiger partial charge in [0.25, 0.3) is 5.91 Å². The highest BCUT2D eigenvalue weighted by atomic mass is 16.5. The first kappa shape index (κ1) is 18.2. The second kappa shape index (κ2) is 9.75. The van der Waals surface area contributed by atoms with Crippen molar-refractivity contribution in [1.29, 1.82) is 0 Å². The Balaban J connectivity index is 1.33. The highest BCUT2D eigenvalue weighted by molar-refractivity contribution is 5.94. The lowest BCUT2D eigenvalue weighted by Crippen LogP contribution is -2.38. The zero-order valence-corrected chi connectivity index (χ0v) is 14.7. The van der Waals surface area contributed by atoms with Crippen LogP contribution in [0.2, 0.25) is 0 Å². The Kier molecular flexibility index (Phi) is 7.09. The molecule has 1 aromatic carbocycles. The second-order valence-electron chi connectivity index (χ2n) is 6.53. The van der Waals surface area contributed by atoms with Gasteiger partial charge in [-0.1, -0.05) is 0 Å². The van der Waals surface area contributed by atoms with Gasteiger partial charge in [-0.3, -0.25) is 9.69 Å². The minimum absolute atomic E-state index is 0.0346. The summed E-state index contributed by atoms with van der Waals surface area (Å²) in [6.07, 6.45) is 3.33. The van der Waals surface area contributed by atoms with E-state index in [1.807, 2.05) is 24.3 Å². The fourth-order valence-corrected chi connectivity index (χ4v) is 3.10. The van der Waals surface area contributed by atoms with Crippen molar-refractivity contribution in [2.45, 2.75) is 25.4 Å². The van der Waals surface area contributed by atoms with Crippen molar-refractivity contribution < 1.29 is 19.0 Å². The van der Waals surface area contributed by atoms with Crippen molar-refractivity contribution in [3.63, 3.8) is 0 Å². The van der Waals surface area contributed by atoms with Crippen LogP contribution in [0.5, 0.6) is 5.75 Å². The van der Waals surface area contributed by atoms with E-state index in [-0.39, 0.29) is 12.0 Å². The van der Waals surface area contributed by atoms with Gasteiger partial charge < -0.3 is 19.5 Å². The molecule has 2 aliphatic rings. The fourth-order valence-electron chi connectivity index (χ4n) is 3.10. The number of amides is 1. The Morgan fingerprint density at radius 1 is 1.20 bits per heavy atom. The molecule has 2 saturated heterocycles.